The van der Waals surface area contributed by atoms with Crippen molar-refractivity contribution >= 4 is 54.9 Å². The molecule has 9 aromatic rings. The van der Waals surface area contributed by atoms with E-state index in [2.05, 4.69) is 159 Å². The van der Waals surface area contributed by atoms with Crippen LogP contribution in [0.1, 0.15) is 37.5 Å². The van der Waals surface area contributed by atoms with Crippen molar-refractivity contribution in [2.75, 3.05) is 5.73 Å². The van der Waals surface area contributed by atoms with Crippen LogP contribution >= 0.6 is 0 Å². The topological polar surface area (TPSA) is 26.0 Å². The van der Waals surface area contributed by atoms with Crippen molar-refractivity contribution in [2.24, 2.45) is 0 Å². The largest absolute Gasteiger partial charge is 0.398 e. The van der Waals surface area contributed by atoms with E-state index in [9.17, 15) is 4.39 Å². The second kappa shape index (κ2) is 12.0. The van der Waals surface area contributed by atoms with Gasteiger partial charge in [-0.05, 0) is 118 Å². The van der Waals surface area contributed by atoms with Gasteiger partial charge in [0, 0.05) is 22.2 Å². The zero-order valence-corrected chi connectivity index (χ0v) is 30.5. The minimum absolute atomic E-state index is 0.230. The highest BCUT2D eigenvalue weighted by molar-refractivity contribution is 6.30. The smallest absolute Gasteiger partial charge is 0.123 e. The van der Waals surface area contributed by atoms with Crippen LogP contribution in [0.25, 0.3) is 93.7 Å². The van der Waals surface area contributed by atoms with Crippen molar-refractivity contribution in [3.8, 4) is 44.5 Å². The van der Waals surface area contributed by atoms with E-state index in [-0.39, 0.29) is 5.82 Å². The fraction of sp³-hybridized carbons (Fsp3) is 0.0769. The second-order valence-corrected chi connectivity index (χ2v) is 15.0. The van der Waals surface area contributed by atoms with E-state index in [1.807, 2.05) is 13.0 Å². The fourth-order valence-electron chi connectivity index (χ4n) is 9.45. The molecule has 0 fully saturated rings. The van der Waals surface area contributed by atoms with Crippen LogP contribution in [0.15, 0.2) is 158 Å². The standard InChI is InChI=1S/C52H38FN/c1-4-16-41-43(30-45-50(51(41)54)42-28-27-32(53)29-44(42)52(45,2)3)47-35-21-10-14-25-39(35)49(40-26-15-11-22-36(40)47)48-37-23-12-8-19-33(37)46(31-17-6-5-7-18-31)34-20-9-13-24-38(34)48/h4-30H,54H2,1-3H3/b16-4-. The molecule has 0 heterocycles. The minimum Gasteiger partial charge on any atom is -0.398 e. The number of benzene rings is 9. The number of fused-ring (bicyclic) bond motifs is 7. The molecule has 1 aliphatic rings. The van der Waals surface area contributed by atoms with Crippen LogP contribution in [-0.2, 0) is 5.41 Å². The molecule has 0 saturated carbocycles. The summed E-state index contributed by atoms with van der Waals surface area (Å²) in [4.78, 5) is 0. The van der Waals surface area contributed by atoms with Gasteiger partial charge in [-0.3, -0.25) is 0 Å². The average Bonchev–Trinajstić information content (AvgIpc) is 3.42. The van der Waals surface area contributed by atoms with Gasteiger partial charge in [0.05, 0.1) is 0 Å². The lowest BCUT2D eigenvalue weighted by Gasteiger charge is -2.25. The molecule has 9 aromatic carbocycles. The Hall–Kier alpha value is -6.51. The van der Waals surface area contributed by atoms with Gasteiger partial charge in [0.2, 0.25) is 0 Å². The number of anilines is 1. The maximum atomic E-state index is 14.8. The third kappa shape index (κ3) is 4.50. The molecule has 0 aliphatic heterocycles. The van der Waals surface area contributed by atoms with Crippen LogP contribution in [0.3, 0.4) is 0 Å². The SMILES string of the molecule is C/C=C\c1c(-c2c3ccccc3c(-c3c4ccccc4c(-c4ccccc4)c4ccccc34)c3ccccc23)cc2c(c1N)-c1ccc(F)cc1C2(C)C. The number of halogens is 1. The Bertz CT molecular complexity index is 2930. The van der Waals surface area contributed by atoms with Crippen LogP contribution in [0, 0.1) is 5.82 Å². The van der Waals surface area contributed by atoms with E-state index in [4.69, 9.17) is 5.73 Å². The Kier molecular flexibility index (Phi) is 7.16. The molecule has 258 valence electrons. The summed E-state index contributed by atoms with van der Waals surface area (Å²) in [7, 11) is 0. The number of nitrogens with two attached hydrogens (primary N) is 1. The Morgan fingerprint density at radius 1 is 0.463 bits per heavy atom. The number of hydrogen-bond acceptors (Lipinski definition) is 1. The summed E-state index contributed by atoms with van der Waals surface area (Å²) in [6, 6.07) is 53.7. The van der Waals surface area contributed by atoms with Crippen LogP contribution in [-0.4, -0.2) is 0 Å². The molecule has 0 unspecified atom stereocenters. The molecule has 0 bridgehead atoms. The molecule has 2 N–H and O–H groups in total. The van der Waals surface area contributed by atoms with E-state index in [0.29, 0.717) is 0 Å². The highest BCUT2D eigenvalue weighted by Crippen LogP contribution is 2.56. The summed E-state index contributed by atoms with van der Waals surface area (Å²) in [5.41, 5.74) is 19.8. The van der Waals surface area contributed by atoms with E-state index >= 15 is 0 Å². The van der Waals surface area contributed by atoms with Crippen molar-refractivity contribution in [1.29, 1.82) is 0 Å². The fourth-order valence-corrected chi connectivity index (χ4v) is 9.45. The Labute approximate surface area is 314 Å². The number of allylic oxidation sites excluding steroid dienone is 1. The van der Waals surface area contributed by atoms with E-state index in [1.54, 1.807) is 12.1 Å². The first kappa shape index (κ1) is 32.2. The molecule has 54 heavy (non-hydrogen) atoms. The first-order chi connectivity index (χ1) is 26.4. The molecule has 0 amide bonds. The highest BCUT2D eigenvalue weighted by atomic mass is 19.1. The molecule has 1 nitrogen and oxygen atoms in total. The van der Waals surface area contributed by atoms with Gasteiger partial charge in [-0.15, -0.1) is 0 Å². The normalized spacial score (nSPS) is 13.3. The van der Waals surface area contributed by atoms with E-state index in [1.165, 1.54) is 54.6 Å². The maximum absolute atomic E-state index is 14.8. The van der Waals surface area contributed by atoms with Gasteiger partial charge in [-0.25, -0.2) is 4.39 Å². The molecule has 1 aliphatic carbocycles. The van der Waals surface area contributed by atoms with Crippen molar-refractivity contribution in [3.63, 3.8) is 0 Å². The molecule has 0 spiro atoms. The van der Waals surface area contributed by atoms with Crippen LogP contribution in [0.2, 0.25) is 0 Å². The summed E-state index contributed by atoms with van der Waals surface area (Å²) >= 11 is 0. The molecule has 0 aromatic heterocycles. The minimum atomic E-state index is -0.437. The Morgan fingerprint density at radius 3 is 1.39 bits per heavy atom. The second-order valence-electron chi connectivity index (χ2n) is 15.0. The first-order valence-electron chi connectivity index (χ1n) is 18.7. The highest BCUT2D eigenvalue weighted by Gasteiger charge is 2.38. The Morgan fingerprint density at radius 2 is 0.907 bits per heavy atom. The number of hydrogen-bond donors (Lipinski definition) is 1. The third-order valence-electron chi connectivity index (χ3n) is 11.8. The van der Waals surface area contributed by atoms with Crippen molar-refractivity contribution in [3.05, 3.63) is 180 Å². The van der Waals surface area contributed by atoms with Gasteiger partial charge in [0.15, 0.2) is 0 Å². The van der Waals surface area contributed by atoms with Gasteiger partial charge in [-0.2, -0.15) is 0 Å². The Balaban J connectivity index is 1.36. The molecule has 10 rings (SSSR count). The van der Waals surface area contributed by atoms with Gasteiger partial charge >= 0.3 is 0 Å². The van der Waals surface area contributed by atoms with Gasteiger partial charge in [-0.1, -0.05) is 159 Å². The third-order valence-corrected chi connectivity index (χ3v) is 11.8. The van der Waals surface area contributed by atoms with Crippen molar-refractivity contribution in [2.45, 2.75) is 26.2 Å². The zero-order chi connectivity index (χ0) is 36.7. The quantitative estimate of drug-likeness (QED) is 0.144. The predicted molar refractivity (Wildman–Crippen MR) is 229 cm³/mol. The van der Waals surface area contributed by atoms with Gasteiger partial charge in [0.1, 0.15) is 5.82 Å². The lowest BCUT2D eigenvalue weighted by Crippen LogP contribution is -2.16. The first-order valence-corrected chi connectivity index (χ1v) is 18.7. The molecule has 0 atom stereocenters. The lowest BCUT2D eigenvalue weighted by atomic mass is 9.78. The molecule has 0 saturated heterocycles. The summed E-state index contributed by atoms with van der Waals surface area (Å²) in [5, 5.41) is 9.60. The average molecular weight is 696 g/mol. The lowest BCUT2D eigenvalue weighted by molar-refractivity contribution is 0.609. The van der Waals surface area contributed by atoms with Gasteiger partial charge < -0.3 is 5.73 Å². The predicted octanol–water partition coefficient (Wildman–Crippen LogP) is 14.4. The summed E-state index contributed by atoms with van der Waals surface area (Å²) < 4.78 is 14.8. The van der Waals surface area contributed by atoms with Crippen molar-refractivity contribution in [1.82, 2.24) is 0 Å². The summed E-state index contributed by atoms with van der Waals surface area (Å²) in [5.74, 6) is -0.230. The molecule has 0 radical (unpaired) electrons. The molecular formula is C52H38FN. The van der Waals surface area contributed by atoms with E-state index < -0.39 is 5.41 Å². The van der Waals surface area contributed by atoms with Gasteiger partial charge in [0.25, 0.3) is 0 Å². The number of nitrogen functional groups attached to an aromatic ring is 1. The maximum Gasteiger partial charge on any atom is 0.123 e. The van der Waals surface area contributed by atoms with Crippen LogP contribution in [0.4, 0.5) is 10.1 Å². The van der Waals surface area contributed by atoms with Crippen molar-refractivity contribution < 1.29 is 4.39 Å². The molecule has 2 heteroatoms. The summed E-state index contributed by atoms with van der Waals surface area (Å²) in [6.45, 7) is 6.41. The zero-order valence-electron chi connectivity index (χ0n) is 30.5. The molecular weight excluding hydrogens is 658 g/mol. The van der Waals surface area contributed by atoms with Crippen LogP contribution in [0.5, 0.6) is 0 Å². The summed E-state index contributed by atoms with van der Waals surface area (Å²) in [6.07, 6.45) is 4.21. The van der Waals surface area contributed by atoms with Crippen LogP contribution < -0.4 is 5.73 Å². The van der Waals surface area contributed by atoms with E-state index in [0.717, 1.165) is 55.4 Å². The monoisotopic (exact) mass is 695 g/mol. The number of rotatable bonds is 4.